The van der Waals surface area contributed by atoms with E-state index >= 15 is 0 Å². The number of aromatic carboxylic acids is 1. The second-order valence-electron chi connectivity index (χ2n) is 4.62. The summed E-state index contributed by atoms with van der Waals surface area (Å²) in [6.45, 7) is 0.244. The molecule has 0 bridgehead atoms. The molecule has 0 aliphatic heterocycles. The zero-order valence-corrected chi connectivity index (χ0v) is 11.4. The Morgan fingerprint density at radius 1 is 1.18 bits per heavy atom. The van der Waals surface area contributed by atoms with Gasteiger partial charge in [0.05, 0.1) is 23.1 Å². The number of carboxylic acid groups (broad SMARTS) is 1. The molecule has 3 aromatic rings. The van der Waals surface area contributed by atoms with E-state index in [9.17, 15) is 9.59 Å². The lowest BCUT2D eigenvalue weighted by Gasteiger charge is -2.03. The molecule has 0 saturated heterocycles. The van der Waals surface area contributed by atoms with Gasteiger partial charge in [-0.1, -0.05) is 12.1 Å². The van der Waals surface area contributed by atoms with Crippen molar-refractivity contribution in [1.82, 2.24) is 20.3 Å². The standard InChI is InChI=1S/C15H12N4O3/c20-14(9-5-6-12(15(21)22)16-7-9)17-8-13-18-10-3-1-2-4-11(10)19-13/h1-7H,8H2,(H,17,20)(H,18,19)(H,21,22). The minimum Gasteiger partial charge on any atom is -0.477 e. The van der Waals surface area contributed by atoms with Crippen LogP contribution in [0.5, 0.6) is 0 Å². The number of hydrogen-bond acceptors (Lipinski definition) is 4. The zero-order valence-electron chi connectivity index (χ0n) is 11.4. The van der Waals surface area contributed by atoms with Gasteiger partial charge in [-0.3, -0.25) is 4.79 Å². The Labute approximate surface area is 125 Å². The third-order valence-electron chi connectivity index (χ3n) is 3.10. The van der Waals surface area contributed by atoms with Crippen LogP contribution >= 0.6 is 0 Å². The molecular weight excluding hydrogens is 284 g/mol. The molecule has 0 spiro atoms. The van der Waals surface area contributed by atoms with Crippen LogP contribution in [0, 0.1) is 0 Å². The average molecular weight is 296 g/mol. The van der Waals surface area contributed by atoms with Crippen molar-refractivity contribution in [2.75, 3.05) is 0 Å². The van der Waals surface area contributed by atoms with Gasteiger partial charge in [-0.15, -0.1) is 0 Å². The number of carbonyl (C=O) groups is 2. The lowest BCUT2D eigenvalue weighted by Crippen LogP contribution is -2.23. The van der Waals surface area contributed by atoms with Crippen molar-refractivity contribution >= 4 is 22.9 Å². The second-order valence-corrected chi connectivity index (χ2v) is 4.62. The SMILES string of the molecule is O=C(NCc1nc2ccccc2[nH]1)c1ccc(C(=O)O)nc1. The number of nitrogens with one attached hydrogen (secondary N) is 2. The Hall–Kier alpha value is -3.22. The van der Waals surface area contributed by atoms with Crippen LogP contribution in [0.1, 0.15) is 26.7 Å². The number of nitrogens with zero attached hydrogens (tertiary/aromatic N) is 2. The number of hydrogen-bond donors (Lipinski definition) is 3. The molecule has 0 saturated carbocycles. The van der Waals surface area contributed by atoms with Gasteiger partial charge >= 0.3 is 5.97 Å². The van der Waals surface area contributed by atoms with Gasteiger partial charge in [-0.05, 0) is 24.3 Å². The molecule has 2 aromatic heterocycles. The molecule has 7 heteroatoms. The van der Waals surface area contributed by atoms with Crippen LogP contribution in [-0.4, -0.2) is 31.9 Å². The number of aromatic amines is 1. The van der Waals surface area contributed by atoms with Gasteiger partial charge in [-0.2, -0.15) is 0 Å². The van der Waals surface area contributed by atoms with Crippen LogP contribution < -0.4 is 5.32 Å². The van der Waals surface area contributed by atoms with E-state index < -0.39 is 5.97 Å². The van der Waals surface area contributed by atoms with Gasteiger partial charge in [0.25, 0.3) is 5.91 Å². The Bertz CT molecular complexity index is 806. The van der Waals surface area contributed by atoms with Gasteiger partial charge in [0.2, 0.25) is 0 Å². The zero-order chi connectivity index (χ0) is 15.5. The van der Waals surface area contributed by atoms with Gasteiger partial charge < -0.3 is 15.4 Å². The highest BCUT2D eigenvalue weighted by molar-refractivity contribution is 5.94. The van der Waals surface area contributed by atoms with E-state index in [4.69, 9.17) is 5.11 Å². The number of rotatable bonds is 4. The topological polar surface area (TPSA) is 108 Å². The molecule has 0 fully saturated rings. The van der Waals surface area contributed by atoms with Gasteiger partial charge in [0, 0.05) is 6.20 Å². The number of carbonyl (C=O) groups excluding carboxylic acids is 1. The van der Waals surface area contributed by atoms with Crippen LogP contribution in [-0.2, 0) is 6.54 Å². The monoisotopic (exact) mass is 296 g/mol. The summed E-state index contributed by atoms with van der Waals surface area (Å²) in [5.41, 5.74) is 1.92. The van der Waals surface area contributed by atoms with Crippen LogP contribution in [0.4, 0.5) is 0 Å². The Kier molecular flexibility index (Phi) is 3.53. The smallest absolute Gasteiger partial charge is 0.354 e. The van der Waals surface area contributed by atoms with Crippen molar-refractivity contribution in [3.05, 3.63) is 59.7 Å². The normalized spacial score (nSPS) is 10.5. The van der Waals surface area contributed by atoms with Crippen LogP contribution in [0.3, 0.4) is 0 Å². The van der Waals surface area contributed by atoms with Crippen molar-refractivity contribution < 1.29 is 14.7 Å². The highest BCUT2D eigenvalue weighted by Gasteiger charge is 2.10. The predicted octanol–water partition coefficient (Wildman–Crippen LogP) is 1.59. The lowest BCUT2D eigenvalue weighted by molar-refractivity contribution is 0.0689. The third kappa shape index (κ3) is 2.78. The summed E-state index contributed by atoms with van der Waals surface area (Å²) in [5, 5.41) is 11.5. The maximum atomic E-state index is 12.0. The molecule has 3 rings (SSSR count). The number of pyridine rings is 1. The van der Waals surface area contributed by atoms with Crippen LogP contribution in [0.25, 0.3) is 11.0 Å². The molecule has 0 unspecified atom stereocenters. The number of fused-ring (bicyclic) bond motifs is 1. The van der Waals surface area contributed by atoms with E-state index in [1.54, 1.807) is 0 Å². The van der Waals surface area contributed by atoms with Crippen molar-refractivity contribution in [3.8, 4) is 0 Å². The molecule has 1 amide bonds. The fraction of sp³-hybridized carbons (Fsp3) is 0.0667. The van der Waals surface area contributed by atoms with Gasteiger partial charge in [0.1, 0.15) is 11.5 Å². The first-order valence-corrected chi connectivity index (χ1v) is 6.54. The number of aromatic nitrogens is 3. The molecule has 110 valence electrons. The quantitative estimate of drug-likeness (QED) is 0.677. The third-order valence-corrected chi connectivity index (χ3v) is 3.10. The summed E-state index contributed by atoms with van der Waals surface area (Å²) >= 11 is 0. The van der Waals surface area contributed by atoms with E-state index in [-0.39, 0.29) is 18.1 Å². The molecule has 0 aliphatic carbocycles. The molecule has 0 radical (unpaired) electrons. The fourth-order valence-corrected chi connectivity index (χ4v) is 2.01. The lowest BCUT2D eigenvalue weighted by atomic mass is 10.2. The molecule has 0 atom stereocenters. The van der Waals surface area contributed by atoms with Crippen molar-refractivity contribution in [2.24, 2.45) is 0 Å². The highest BCUT2D eigenvalue weighted by atomic mass is 16.4. The average Bonchev–Trinajstić information content (AvgIpc) is 2.95. The number of amides is 1. The molecule has 0 aliphatic rings. The van der Waals surface area contributed by atoms with E-state index in [1.807, 2.05) is 24.3 Å². The first-order valence-electron chi connectivity index (χ1n) is 6.54. The molecule has 2 heterocycles. The van der Waals surface area contributed by atoms with Crippen LogP contribution in [0.15, 0.2) is 42.6 Å². The van der Waals surface area contributed by atoms with Gasteiger partial charge in [-0.25, -0.2) is 14.8 Å². The highest BCUT2D eigenvalue weighted by Crippen LogP contribution is 2.10. The first-order chi connectivity index (χ1) is 10.6. The fourth-order valence-electron chi connectivity index (χ4n) is 2.01. The summed E-state index contributed by atoms with van der Waals surface area (Å²) in [6.07, 6.45) is 1.23. The summed E-state index contributed by atoms with van der Waals surface area (Å²) in [5.74, 6) is -0.830. The maximum Gasteiger partial charge on any atom is 0.354 e. The maximum absolute atomic E-state index is 12.0. The van der Waals surface area contributed by atoms with Gasteiger partial charge in [0.15, 0.2) is 0 Å². The van der Waals surface area contributed by atoms with E-state index in [1.165, 1.54) is 18.3 Å². The summed E-state index contributed by atoms with van der Waals surface area (Å²) in [6, 6.07) is 10.3. The largest absolute Gasteiger partial charge is 0.477 e. The molecule has 7 nitrogen and oxygen atoms in total. The number of carboxylic acids is 1. The molecule has 3 N–H and O–H groups in total. The summed E-state index contributed by atoms with van der Waals surface area (Å²) in [4.78, 5) is 33.8. The van der Waals surface area contributed by atoms with Crippen molar-refractivity contribution in [3.63, 3.8) is 0 Å². The predicted molar refractivity (Wildman–Crippen MR) is 78.5 cm³/mol. The minimum absolute atomic E-state index is 0.103. The van der Waals surface area contributed by atoms with Crippen LogP contribution in [0.2, 0.25) is 0 Å². The Morgan fingerprint density at radius 3 is 2.68 bits per heavy atom. The first kappa shape index (κ1) is 13.7. The summed E-state index contributed by atoms with van der Waals surface area (Å²) < 4.78 is 0. The Morgan fingerprint density at radius 2 is 2.00 bits per heavy atom. The number of H-pyrrole nitrogens is 1. The Balaban J connectivity index is 1.67. The second kappa shape index (κ2) is 5.65. The van der Waals surface area contributed by atoms with Crippen molar-refractivity contribution in [2.45, 2.75) is 6.54 Å². The minimum atomic E-state index is -1.13. The van der Waals surface area contributed by atoms with E-state index in [2.05, 4.69) is 20.3 Å². The molecular formula is C15H12N4O3. The summed E-state index contributed by atoms with van der Waals surface area (Å²) in [7, 11) is 0. The van der Waals surface area contributed by atoms with E-state index in [0.717, 1.165) is 11.0 Å². The molecule has 1 aromatic carbocycles. The van der Waals surface area contributed by atoms with E-state index in [0.29, 0.717) is 11.4 Å². The number of benzene rings is 1. The molecule has 22 heavy (non-hydrogen) atoms. The number of para-hydroxylation sites is 2. The van der Waals surface area contributed by atoms with Crippen molar-refractivity contribution in [1.29, 1.82) is 0 Å². The number of imidazole rings is 1.